The van der Waals surface area contributed by atoms with Crippen LogP contribution in [0.4, 0.5) is 5.69 Å². The Morgan fingerprint density at radius 3 is 2.87 bits per heavy atom. The van der Waals surface area contributed by atoms with Crippen molar-refractivity contribution >= 4 is 16.6 Å². The van der Waals surface area contributed by atoms with Gasteiger partial charge in [0, 0.05) is 18.8 Å². The van der Waals surface area contributed by atoms with Gasteiger partial charge in [-0.25, -0.2) is 0 Å². The van der Waals surface area contributed by atoms with Gasteiger partial charge in [-0.05, 0) is 18.6 Å². The van der Waals surface area contributed by atoms with Gasteiger partial charge in [-0.1, -0.05) is 13.0 Å². The van der Waals surface area contributed by atoms with Gasteiger partial charge in [0.05, 0.1) is 15.8 Å². The summed E-state index contributed by atoms with van der Waals surface area (Å²) in [6, 6.07) is 6.99. The molecule has 0 N–H and O–H groups in total. The lowest BCUT2D eigenvalue weighted by Crippen LogP contribution is -1.94. The van der Waals surface area contributed by atoms with Crippen molar-refractivity contribution in [1.82, 2.24) is 4.57 Å². The van der Waals surface area contributed by atoms with Crippen LogP contribution < -0.4 is 0 Å². The van der Waals surface area contributed by atoms with Crippen LogP contribution in [0.1, 0.15) is 13.3 Å². The van der Waals surface area contributed by atoms with Crippen LogP contribution >= 0.6 is 0 Å². The second-order valence-corrected chi connectivity index (χ2v) is 3.48. The first kappa shape index (κ1) is 9.71. The van der Waals surface area contributed by atoms with Crippen molar-refractivity contribution in [3.63, 3.8) is 0 Å². The summed E-state index contributed by atoms with van der Waals surface area (Å²) in [7, 11) is 0. The number of aryl methyl sites for hydroxylation is 1. The number of fused-ring (bicyclic) bond motifs is 1. The van der Waals surface area contributed by atoms with Crippen molar-refractivity contribution in [2.75, 3.05) is 0 Å². The van der Waals surface area contributed by atoms with Gasteiger partial charge in [0.2, 0.25) is 0 Å². The van der Waals surface area contributed by atoms with E-state index in [4.69, 9.17) is 0 Å². The molecule has 0 amide bonds. The lowest BCUT2D eigenvalue weighted by Gasteiger charge is -2.01. The second-order valence-electron chi connectivity index (χ2n) is 3.48. The van der Waals surface area contributed by atoms with Gasteiger partial charge < -0.3 is 4.57 Å². The van der Waals surface area contributed by atoms with Crippen LogP contribution in [-0.2, 0) is 6.54 Å². The minimum Gasteiger partial charge on any atom is -0.347 e. The van der Waals surface area contributed by atoms with Crippen LogP contribution in [0.15, 0.2) is 30.5 Å². The summed E-state index contributed by atoms with van der Waals surface area (Å²) in [5.41, 5.74) is 1.12. The van der Waals surface area contributed by atoms with Gasteiger partial charge in [-0.3, -0.25) is 10.1 Å². The third-order valence-corrected chi connectivity index (χ3v) is 2.45. The molecular weight excluding hydrogens is 192 g/mol. The quantitative estimate of drug-likeness (QED) is 0.570. The Kier molecular flexibility index (Phi) is 2.41. The molecule has 15 heavy (non-hydrogen) atoms. The molecule has 2 aromatic rings. The zero-order chi connectivity index (χ0) is 10.8. The molecule has 1 aromatic heterocycles. The smallest absolute Gasteiger partial charge is 0.278 e. The highest BCUT2D eigenvalue weighted by atomic mass is 16.6. The molecule has 0 bridgehead atoms. The molecule has 0 saturated heterocycles. The van der Waals surface area contributed by atoms with E-state index in [0.717, 1.165) is 23.9 Å². The van der Waals surface area contributed by atoms with E-state index in [1.165, 1.54) is 0 Å². The number of nitro groups is 1. The summed E-state index contributed by atoms with van der Waals surface area (Å²) >= 11 is 0. The lowest BCUT2D eigenvalue weighted by molar-refractivity contribution is -0.383. The first-order chi connectivity index (χ1) is 7.24. The van der Waals surface area contributed by atoms with Crippen molar-refractivity contribution in [2.45, 2.75) is 19.9 Å². The SMILES string of the molecule is CCCn1ccc2c([N+](=O)[O-])cccc21. The zero-order valence-electron chi connectivity index (χ0n) is 8.51. The average Bonchev–Trinajstić information content (AvgIpc) is 2.62. The molecule has 0 aliphatic carbocycles. The molecule has 0 aliphatic heterocycles. The van der Waals surface area contributed by atoms with Crippen molar-refractivity contribution in [2.24, 2.45) is 0 Å². The predicted molar refractivity (Wildman–Crippen MR) is 58.9 cm³/mol. The van der Waals surface area contributed by atoms with Crippen LogP contribution in [0.25, 0.3) is 10.9 Å². The summed E-state index contributed by atoms with van der Waals surface area (Å²) in [4.78, 5) is 10.4. The highest BCUT2D eigenvalue weighted by Crippen LogP contribution is 2.26. The molecule has 0 spiro atoms. The maximum atomic E-state index is 10.8. The third kappa shape index (κ3) is 1.58. The standard InChI is InChI=1S/C11H12N2O2/c1-2-7-12-8-6-9-10(12)4-3-5-11(9)13(14)15/h3-6,8H,2,7H2,1H3. The highest BCUT2D eigenvalue weighted by Gasteiger charge is 2.12. The molecule has 0 radical (unpaired) electrons. The molecule has 4 nitrogen and oxygen atoms in total. The Morgan fingerprint density at radius 2 is 2.20 bits per heavy atom. The monoisotopic (exact) mass is 204 g/mol. The van der Waals surface area contributed by atoms with Gasteiger partial charge in [0.15, 0.2) is 0 Å². The maximum Gasteiger partial charge on any atom is 0.278 e. The largest absolute Gasteiger partial charge is 0.347 e. The molecular formula is C11H12N2O2. The average molecular weight is 204 g/mol. The fourth-order valence-electron chi connectivity index (χ4n) is 1.80. The maximum absolute atomic E-state index is 10.8. The number of non-ortho nitro benzene ring substituents is 1. The van der Waals surface area contributed by atoms with Crippen molar-refractivity contribution in [3.05, 3.63) is 40.6 Å². The van der Waals surface area contributed by atoms with E-state index in [1.54, 1.807) is 12.1 Å². The zero-order valence-corrected chi connectivity index (χ0v) is 8.51. The van der Waals surface area contributed by atoms with Gasteiger partial charge >= 0.3 is 0 Å². The van der Waals surface area contributed by atoms with Crippen molar-refractivity contribution in [1.29, 1.82) is 0 Å². The van der Waals surface area contributed by atoms with E-state index < -0.39 is 0 Å². The highest BCUT2D eigenvalue weighted by molar-refractivity contribution is 5.89. The Bertz CT molecular complexity index is 502. The number of aromatic nitrogens is 1. The van der Waals surface area contributed by atoms with Crippen molar-refractivity contribution in [3.8, 4) is 0 Å². The van der Waals surface area contributed by atoms with Gasteiger partial charge in [0.25, 0.3) is 5.69 Å². The molecule has 0 unspecified atom stereocenters. The minimum atomic E-state index is -0.335. The molecule has 1 heterocycles. The Balaban J connectivity index is 2.63. The second kappa shape index (κ2) is 3.73. The molecule has 0 fully saturated rings. The number of nitro benzene ring substituents is 1. The summed E-state index contributed by atoms with van der Waals surface area (Å²) in [5, 5.41) is 11.5. The summed E-state index contributed by atoms with van der Waals surface area (Å²) in [6.45, 7) is 2.98. The van der Waals surface area contributed by atoms with Gasteiger partial charge in [-0.15, -0.1) is 0 Å². The van der Waals surface area contributed by atoms with Crippen LogP contribution in [0, 0.1) is 10.1 Å². The number of hydrogen-bond acceptors (Lipinski definition) is 2. The van der Waals surface area contributed by atoms with Gasteiger partial charge in [-0.2, -0.15) is 0 Å². The first-order valence-electron chi connectivity index (χ1n) is 4.96. The summed E-state index contributed by atoms with van der Waals surface area (Å²) in [6.07, 6.45) is 2.92. The third-order valence-electron chi connectivity index (χ3n) is 2.45. The fourth-order valence-corrected chi connectivity index (χ4v) is 1.80. The molecule has 4 heteroatoms. The summed E-state index contributed by atoms with van der Waals surface area (Å²) < 4.78 is 2.04. The Morgan fingerprint density at radius 1 is 1.40 bits per heavy atom. The van der Waals surface area contributed by atoms with E-state index >= 15 is 0 Å². The Labute approximate surface area is 87.3 Å². The topological polar surface area (TPSA) is 48.1 Å². The number of hydrogen-bond donors (Lipinski definition) is 0. The van der Waals surface area contributed by atoms with Crippen LogP contribution in [0.2, 0.25) is 0 Å². The van der Waals surface area contributed by atoms with E-state index in [-0.39, 0.29) is 10.6 Å². The number of benzene rings is 1. The van der Waals surface area contributed by atoms with Gasteiger partial charge in [0.1, 0.15) is 0 Å². The molecule has 0 aliphatic rings. The normalized spacial score (nSPS) is 10.7. The first-order valence-corrected chi connectivity index (χ1v) is 4.96. The van der Waals surface area contributed by atoms with E-state index in [9.17, 15) is 10.1 Å². The van der Waals surface area contributed by atoms with E-state index in [0.29, 0.717) is 0 Å². The number of rotatable bonds is 3. The molecule has 0 atom stereocenters. The fraction of sp³-hybridized carbons (Fsp3) is 0.273. The Hall–Kier alpha value is -1.84. The predicted octanol–water partition coefficient (Wildman–Crippen LogP) is 2.96. The van der Waals surface area contributed by atoms with Crippen molar-refractivity contribution < 1.29 is 4.92 Å². The lowest BCUT2D eigenvalue weighted by atomic mass is 10.2. The molecule has 0 saturated carbocycles. The number of nitrogens with zero attached hydrogens (tertiary/aromatic N) is 2. The minimum absolute atomic E-state index is 0.183. The van der Waals surface area contributed by atoms with E-state index in [2.05, 4.69) is 6.92 Å². The molecule has 78 valence electrons. The van der Waals surface area contributed by atoms with Crippen LogP contribution in [-0.4, -0.2) is 9.49 Å². The molecule has 1 aromatic carbocycles. The summed E-state index contributed by atoms with van der Waals surface area (Å²) in [5.74, 6) is 0. The van der Waals surface area contributed by atoms with Crippen LogP contribution in [0.5, 0.6) is 0 Å². The van der Waals surface area contributed by atoms with E-state index in [1.807, 2.05) is 22.9 Å². The van der Waals surface area contributed by atoms with Crippen LogP contribution in [0.3, 0.4) is 0 Å². The molecule has 2 rings (SSSR count).